The summed E-state index contributed by atoms with van der Waals surface area (Å²) in [4.78, 5) is 22.4. The Morgan fingerprint density at radius 3 is 2.86 bits per heavy atom. The van der Waals surface area contributed by atoms with E-state index in [2.05, 4.69) is 15.1 Å². The highest BCUT2D eigenvalue weighted by atomic mass is 19.4. The molecule has 1 saturated heterocycles. The highest BCUT2D eigenvalue weighted by molar-refractivity contribution is 5.92. The Bertz CT molecular complexity index is 1020. The predicted octanol–water partition coefficient (Wildman–Crippen LogP) is 3.96. The molecule has 1 fully saturated rings. The minimum atomic E-state index is -4.55. The Morgan fingerprint density at radius 2 is 2.14 bits per heavy atom. The summed E-state index contributed by atoms with van der Waals surface area (Å²) in [7, 11) is 0. The number of carbonyl (C=O) groups is 1. The van der Waals surface area contributed by atoms with E-state index in [1.807, 2.05) is 0 Å². The molecule has 1 aliphatic heterocycles. The van der Waals surface area contributed by atoms with E-state index >= 15 is 0 Å². The lowest BCUT2D eigenvalue weighted by Gasteiger charge is -2.31. The third-order valence-corrected chi connectivity index (χ3v) is 4.89. The maximum Gasteiger partial charge on any atom is 0.417 e. The molecule has 0 bridgehead atoms. The number of carbonyl (C=O) groups excluding carboxylic acids is 1. The first-order valence-corrected chi connectivity index (χ1v) is 8.89. The molecule has 4 rings (SSSR count). The van der Waals surface area contributed by atoms with Crippen LogP contribution >= 0.6 is 0 Å². The van der Waals surface area contributed by atoms with Crippen molar-refractivity contribution in [2.45, 2.75) is 31.9 Å². The third-order valence-electron chi connectivity index (χ3n) is 4.89. The average Bonchev–Trinajstić information content (AvgIpc) is 3.10. The summed E-state index contributed by atoms with van der Waals surface area (Å²) < 4.78 is 45.9. The van der Waals surface area contributed by atoms with Crippen molar-refractivity contribution in [2.24, 2.45) is 0 Å². The number of aryl methyl sites for hydroxylation is 1. The van der Waals surface area contributed by atoms with Crippen molar-refractivity contribution in [1.29, 1.82) is 0 Å². The Balaban J connectivity index is 1.69. The first-order valence-electron chi connectivity index (χ1n) is 8.89. The number of amides is 1. The average molecular weight is 390 g/mol. The monoisotopic (exact) mass is 390 g/mol. The van der Waals surface area contributed by atoms with Crippen LogP contribution < -0.4 is 0 Å². The number of aromatic nitrogens is 3. The molecule has 0 aliphatic carbocycles. The summed E-state index contributed by atoms with van der Waals surface area (Å²) in [5.74, 6) is -0.614. The molecule has 28 heavy (non-hydrogen) atoms. The summed E-state index contributed by atoms with van der Waals surface area (Å²) in [5.41, 5.74) is -0.220. The van der Waals surface area contributed by atoms with Crippen molar-refractivity contribution in [3.8, 4) is 0 Å². The molecule has 9 heteroatoms. The second-order valence-electron chi connectivity index (χ2n) is 6.86. The van der Waals surface area contributed by atoms with Gasteiger partial charge in [0.15, 0.2) is 0 Å². The van der Waals surface area contributed by atoms with Gasteiger partial charge in [-0.25, -0.2) is 4.98 Å². The molecule has 3 aromatic heterocycles. The van der Waals surface area contributed by atoms with Gasteiger partial charge in [0.05, 0.1) is 16.6 Å². The molecule has 6 nitrogen and oxygen atoms in total. The predicted molar refractivity (Wildman–Crippen MR) is 93.7 cm³/mol. The van der Waals surface area contributed by atoms with Crippen molar-refractivity contribution in [2.75, 3.05) is 13.1 Å². The maximum atomic E-state index is 13.6. The van der Waals surface area contributed by atoms with E-state index < -0.39 is 11.7 Å². The minimum absolute atomic E-state index is 0.116. The highest BCUT2D eigenvalue weighted by Gasteiger charge is 2.38. The molecule has 1 aliphatic rings. The van der Waals surface area contributed by atoms with Crippen LogP contribution in [-0.2, 0) is 6.18 Å². The van der Waals surface area contributed by atoms with Gasteiger partial charge in [-0.3, -0.25) is 9.78 Å². The zero-order valence-electron chi connectivity index (χ0n) is 15.0. The molecule has 146 valence electrons. The fourth-order valence-corrected chi connectivity index (χ4v) is 3.63. The Kier molecular flexibility index (Phi) is 4.52. The van der Waals surface area contributed by atoms with Gasteiger partial charge in [-0.2, -0.15) is 13.2 Å². The van der Waals surface area contributed by atoms with E-state index in [1.54, 1.807) is 23.1 Å². The number of halogens is 3. The molecule has 0 saturated carbocycles. The lowest BCUT2D eigenvalue weighted by molar-refractivity contribution is -0.136. The smallest absolute Gasteiger partial charge is 0.337 e. The lowest BCUT2D eigenvalue weighted by atomic mass is 9.91. The number of alkyl halides is 3. The topological polar surface area (TPSA) is 72.1 Å². The van der Waals surface area contributed by atoms with Crippen LogP contribution in [0.1, 0.15) is 46.2 Å². The maximum absolute atomic E-state index is 13.6. The van der Waals surface area contributed by atoms with Gasteiger partial charge in [-0.05, 0) is 38.0 Å². The van der Waals surface area contributed by atoms with Crippen LogP contribution in [0.25, 0.3) is 11.1 Å². The summed E-state index contributed by atoms with van der Waals surface area (Å²) in [6, 6.07) is 6.05. The molecule has 0 radical (unpaired) electrons. The fourth-order valence-electron chi connectivity index (χ4n) is 3.63. The number of hydrogen-bond donors (Lipinski definition) is 0. The minimum Gasteiger partial charge on any atom is -0.337 e. The standard InChI is InChI=1S/C19H17F3N4O2/c1-11-9-13(19(20,21)22)15-16(25-28-17(15)24-11)12-5-4-8-26(10-12)18(27)14-6-2-3-7-23-14/h2-3,6-7,9,12H,4-5,8,10H2,1H3. The highest BCUT2D eigenvalue weighted by Crippen LogP contribution is 2.40. The number of likely N-dealkylation sites (tertiary alicyclic amines) is 1. The Hall–Kier alpha value is -2.97. The van der Waals surface area contributed by atoms with Crippen LogP contribution in [0, 0.1) is 6.92 Å². The molecular formula is C19H17F3N4O2. The zero-order chi connectivity index (χ0) is 19.9. The van der Waals surface area contributed by atoms with Gasteiger partial charge in [0, 0.05) is 30.9 Å². The third kappa shape index (κ3) is 3.32. The SMILES string of the molecule is Cc1cc(C(F)(F)F)c2c(C3CCCN(C(=O)c4ccccn4)C3)noc2n1. The first-order chi connectivity index (χ1) is 13.3. The number of pyridine rings is 2. The Morgan fingerprint density at radius 1 is 1.32 bits per heavy atom. The van der Waals surface area contributed by atoms with Gasteiger partial charge in [0.25, 0.3) is 11.6 Å². The largest absolute Gasteiger partial charge is 0.417 e. The molecular weight excluding hydrogens is 373 g/mol. The van der Waals surface area contributed by atoms with Gasteiger partial charge in [-0.15, -0.1) is 0 Å². The van der Waals surface area contributed by atoms with Gasteiger partial charge < -0.3 is 9.42 Å². The van der Waals surface area contributed by atoms with Gasteiger partial charge in [0.2, 0.25) is 0 Å². The summed E-state index contributed by atoms with van der Waals surface area (Å²) in [6.45, 7) is 2.25. The van der Waals surface area contributed by atoms with E-state index in [0.29, 0.717) is 25.1 Å². The van der Waals surface area contributed by atoms with Crippen molar-refractivity contribution >= 4 is 17.0 Å². The summed E-state index contributed by atoms with van der Waals surface area (Å²) in [5, 5.41) is 3.79. The number of nitrogens with zero attached hydrogens (tertiary/aromatic N) is 4. The van der Waals surface area contributed by atoms with Crippen LogP contribution in [0.3, 0.4) is 0 Å². The number of hydrogen-bond acceptors (Lipinski definition) is 5. The van der Waals surface area contributed by atoms with E-state index in [4.69, 9.17) is 4.52 Å². The van der Waals surface area contributed by atoms with Crippen LogP contribution in [0.15, 0.2) is 35.0 Å². The number of fused-ring (bicyclic) bond motifs is 1. The second kappa shape index (κ2) is 6.88. The molecule has 0 spiro atoms. The van der Waals surface area contributed by atoms with E-state index in [9.17, 15) is 18.0 Å². The van der Waals surface area contributed by atoms with Crippen LogP contribution in [0.5, 0.6) is 0 Å². The summed E-state index contributed by atoms with van der Waals surface area (Å²) >= 11 is 0. The molecule has 0 aromatic carbocycles. The fraction of sp³-hybridized carbons (Fsp3) is 0.368. The van der Waals surface area contributed by atoms with E-state index in [1.165, 1.54) is 13.1 Å². The van der Waals surface area contributed by atoms with Crippen molar-refractivity contribution in [3.05, 3.63) is 53.1 Å². The molecule has 1 unspecified atom stereocenters. The van der Waals surface area contributed by atoms with E-state index in [0.717, 1.165) is 6.07 Å². The van der Waals surface area contributed by atoms with Crippen molar-refractivity contribution in [3.63, 3.8) is 0 Å². The van der Waals surface area contributed by atoms with Crippen molar-refractivity contribution < 1.29 is 22.5 Å². The number of rotatable bonds is 2. The van der Waals surface area contributed by atoms with Crippen LogP contribution in [0.2, 0.25) is 0 Å². The van der Waals surface area contributed by atoms with Crippen LogP contribution in [0.4, 0.5) is 13.2 Å². The van der Waals surface area contributed by atoms with Crippen molar-refractivity contribution in [1.82, 2.24) is 20.0 Å². The van der Waals surface area contributed by atoms with Gasteiger partial charge in [0.1, 0.15) is 5.69 Å². The number of piperidine rings is 1. The van der Waals surface area contributed by atoms with Gasteiger partial charge >= 0.3 is 6.18 Å². The molecule has 3 aromatic rings. The first kappa shape index (κ1) is 18.4. The quantitative estimate of drug-likeness (QED) is 0.662. The zero-order valence-corrected chi connectivity index (χ0v) is 15.0. The van der Waals surface area contributed by atoms with Crippen LogP contribution in [-0.4, -0.2) is 39.0 Å². The molecule has 4 heterocycles. The molecule has 1 atom stereocenters. The lowest BCUT2D eigenvalue weighted by Crippen LogP contribution is -2.39. The second-order valence-corrected chi connectivity index (χ2v) is 6.86. The summed E-state index contributed by atoms with van der Waals surface area (Å²) in [6.07, 6.45) is -1.76. The Labute approximate surface area is 158 Å². The molecule has 0 N–H and O–H groups in total. The normalized spacial score (nSPS) is 17.9. The van der Waals surface area contributed by atoms with E-state index in [-0.39, 0.29) is 40.9 Å². The molecule has 1 amide bonds. The van der Waals surface area contributed by atoms with Gasteiger partial charge in [-0.1, -0.05) is 11.2 Å².